The first-order chi connectivity index (χ1) is 6.09. The van der Waals surface area contributed by atoms with E-state index < -0.39 is 0 Å². The molecule has 0 unspecified atom stereocenters. The number of aromatic amines is 1. The summed E-state index contributed by atoms with van der Waals surface area (Å²) in [5, 5.41) is 0. The van der Waals surface area contributed by atoms with Gasteiger partial charge in [0.25, 0.3) is 0 Å². The summed E-state index contributed by atoms with van der Waals surface area (Å²) >= 11 is 0. The summed E-state index contributed by atoms with van der Waals surface area (Å²) in [6, 6.07) is 1.94. The van der Waals surface area contributed by atoms with Gasteiger partial charge in [-0.05, 0) is 31.0 Å². The minimum absolute atomic E-state index is 0.433. The van der Waals surface area contributed by atoms with E-state index in [0.717, 1.165) is 27.8 Å². The van der Waals surface area contributed by atoms with Gasteiger partial charge < -0.3 is 16.5 Å². The van der Waals surface area contributed by atoms with Crippen molar-refractivity contribution in [2.24, 2.45) is 0 Å². The highest BCUT2D eigenvalue weighted by molar-refractivity contribution is 5.86. The number of aromatic nitrogens is 2. The Balaban J connectivity index is 2.92. The van der Waals surface area contributed by atoms with Gasteiger partial charge in [0, 0.05) is 5.69 Å². The number of nitrogens with two attached hydrogens (primary N) is 2. The molecule has 2 rings (SSSR count). The molecule has 4 nitrogen and oxygen atoms in total. The molecule has 0 radical (unpaired) electrons. The second kappa shape index (κ2) is 2.39. The van der Waals surface area contributed by atoms with Crippen molar-refractivity contribution in [3.63, 3.8) is 0 Å². The molecule has 5 N–H and O–H groups in total. The molecule has 0 saturated heterocycles. The van der Waals surface area contributed by atoms with Crippen LogP contribution in [0.3, 0.4) is 0 Å². The molecule has 0 atom stereocenters. The van der Waals surface area contributed by atoms with E-state index in [-0.39, 0.29) is 0 Å². The molecule has 1 heterocycles. The van der Waals surface area contributed by atoms with Crippen molar-refractivity contribution in [2.45, 2.75) is 13.8 Å². The van der Waals surface area contributed by atoms with Crippen LogP contribution in [-0.2, 0) is 0 Å². The number of nitrogen functional groups attached to an aromatic ring is 2. The monoisotopic (exact) mass is 176 g/mol. The van der Waals surface area contributed by atoms with Crippen molar-refractivity contribution in [1.29, 1.82) is 0 Å². The van der Waals surface area contributed by atoms with Crippen LogP contribution in [-0.4, -0.2) is 9.97 Å². The van der Waals surface area contributed by atoms with Crippen LogP contribution >= 0.6 is 0 Å². The van der Waals surface area contributed by atoms with Crippen LogP contribution in [0.25, 0.3) is 11.0 Å². The standard InChI is InChI=1S/C9H12N4/c1-4-3-6-8(5(2)7(4)10)13-9(11)12-6/h3H,10H2,1-2H3,(H3,11,12,13). The molecule has 0 spiro atoms. The van der Waals surface area contributed by atoms with E-state index in [1.807, 2.05) is 19.9 Å². The fourth-order valence-corrected chi connectivity index (χ4v) is 1.51. The molecule has 0 amide bonds. The van der Waals surface area contributed by atoms with E-state index in [4.69, 9.17) is 11.5 Å². The molecule has 13 heavy (non-hydrogen) atoms. The van der Waals surface area contributed by atoms with Crippen molar-refractivity contribution < 1.29 is 0 Å². The Morgan fingerprint density at radius 2 is 2.00 bits per heavy atom. The van der Waals surface area contributed by atoms with Crippen LogP contribution in [0, 0.1) is 13.8 Å². The SMILES string of the molecule is Cc1cc2nc(N)[nH]c2c(C)c1N. The fourth-order valence-electron chi connectivity index (χ4n) is 1.51. The Hall–Kier alpha value is -1.71. The van der Waals surface area contributed by atoms with E-state index in [2.05, 4.69) is 9.97 Å². The fraction of sp³-hybridized carbons (Fsp3) is 0.222. The molecule has 2 aromatic rings. The summed E-state index contributed by atoms with van der Waals surface area (Å²) in [4.78, 5) is 7.12. The van der Waals surface area contributed by atoms with E-state index >= 15 is 0 Å². The Labute approximate surface area is 76.0 Å². The Kier molecular flexibility index (Phi) is 1.45. The smallest absolute Gasteiger partial charge is 0.198 e. The van der Waals surface area contributed by atoms with Gasteiger partial charge in [0.2, 0.25) is 0 Å². The van der Waals surface area contributed by atoms with Crippen LogP contribution in [0.15, 0.2) is 6.07 Å². The molecule has 4 heteroatoms. The molecule has 0 aliphatic heterocycles. The van der Waals surface area contributed by atoms with Gasteiger partial charge in [-0.2, -0.15) is 0 Å². The highest BCUT2D eigenvalue weighted by atomic mass is 15.0. The van der Waals surface area contributed by atoms with Crippen LogP contribution in [0.1, 0.15) is 11.1 Å². The highest BCUT2D eigenvalue weighted by Crippen LogP contribution is 2.25. The number of aryl methyl sites for hydroxylation is 2. The molecule has 0 saturated carbocycles. The lowest BCUT2D eigenvalue weighted by molar-refractivity contribution is 1.35. The zero-order chi connectivity index (χ0) is 9.59. The summed E-state index contributed by atoms with van der Waals surface area (Å²) in [5.74, 6) is 0.433. The summed E-state index contributed by atoms with van der Waals surface area (Å²) < 4.78 is 0. The molecular formula is C9H12N4. The Bertz CT molecular complexity index is 470. The first-order valence-electron chi connectivity index (χ1n) is 4.10. The Morgan fingerprint density at radius 3 is 2.69 bits per heavy atom. The number of nitrogens with one attached hydrogen (secondary N) is 1. The number of rotatable bonds is 0. The maximum Gasteiger partial charge on any atom is 0.198 e. The third-order valence-electron chi connectivity index (χ3n) is 2.31. The predicted molar refractivity (Wildman–Crippen MR) is 54.4 cm³/mol. The third-order valence-corrected chi connectivity index (χ3v) is 2.31. The van der Waals surface area contributed by atoms with Gasteiger partial charge in [-0.25, -0.2) is 4.98 Å². The molecular weight excluding hydrogens is 164 g/mol. The van der Waals surface area contributed by atoms with Crippen molar-refractivity contribution in [3.8, 4) is 0 Å². The molecule has 0 bridgehead atoms. The number of benzene rings is 1. The van der Waals surface area contributed by atoms with Gasteiger partial charge in [0.1, 0.15) is 0 Å². The van der Waals surface area contributed by atoms with Gasteiger partial charge in [0.15, 0.2) is 5.95 Å². The minimum Gasteiger partial charge on any atom is -0.398 e. The van der Waals surface area contributed by atoms with E-state index in [1.165, 1.54) is 0 Å². The van der Waals surface area contributed by atoms with Crippen molar-refractivity contribution in [3.05, 3.63) is 17.2 Å². The number of anilines is 2. The molecule has 0 aliphatic rings. The number of nitrogens with zero attached hydrogens (tertiary/aromatic N) is 1. The predicted octanol–water partition coefficient (Wildman–Crippen LogP) is 1.34. The summed E-state index contributed by atoms with van der Waals surface area (Å²) in [5.41, 5.74) is 16.1. The van der Waals surface area contributed by atoms with Crippen LogP contribution in [0.5, 0.6) is 0 Å². The van der Waals surface area contributed by atoms with E-state index in [0.29, 0.717) is 5.95 Å². The van der Waals surface area contributed by atoms with Crippen molar-refractivity contribution in [2.75, 3.05) is 11.5 Å². The highest BCUT2D eigenvalue weighted by Gasteiger charge is 2.07. The molecule has 1 aromatic carbocycles. The summed E-state index contributed by atoms with van der Waals surface area (Å²) in [6.45, 7) is 3.93. The average molecular weight is 176 g/mol. The number of H-pyrrole nitrogens is 1. The Morgan fingerprint density at radius 1 is 1.31 bits per heavy atom. The lowest BCUT2D eigenvalue weighted by Gasteiger charge is -2.04. The molecule has 0 fully saturated rings. The number of hydrogen-bond donors (Lipinski definition) is 3. The van der Waals surface area contributed by atoms with Gasteiger partial charge in [-0.1, -0.05) is 0 Å². The topological polar surface area (TPSA) is 80.7 Å². The zero-order valence-corrected chi connectivity index (χ0v) is 7.68. The maximum atomic E-state index is 5.87. The van der Waals surface area contributed by atoms with Crippen molar-refractivity contribution >= 4 is 22.7 Å². The number of imidazole rings is 1. The first-order valence-corrected chi connectivity index (χ1v) is 4.10. The number of fused-ring (bicyclic) bond motifs is 1. The van der Waals surface area contributed by atoms with Crippen molar-refractivity contribution in [1.82, 2.24) is 9.97 Å². The first kappa shape index (κ1) is 7.91. The van der Waals surface area contributed by atoms with Gasteiger partial charge in [-0.3, -0.25) is 0 Å². The van der Waals surface area contributed by atoms with Gasteiger partial charge in [0.05, 0.1) is 11.0 Å². The summed E-state index contributed by atoms with van der Waals surface area (Å²) in [7, 11) is 0. The number of hydrogen-bond acceptors (Lipinski definition) is 3. The second-order valence-corrected chi connectivity index (χ2v) is 3.25. The average Bonchev–Trinajstić information content (AvgIpc) is 2.42. The lowest BCUT2D eigenvalue weighted by Crippen LogP contribution is -1.94. The normalized spacial score (nSPS) is 10.9. The third kappa shape index (κ3) is 1.02. The molecule has 0 aliphatic carbocycles. The van der Waals surface area contributed by atoms with Crippen LogP contribution in [0.4, 0.5) is 11.6 Å². The van der Waals surface area contributed by atoms with Crippen LogP contribution < -0.4 is 11.5 Å². The lowest BCUT2D eigenvalue weighted by atomic mass is 10.1. The van der Waals surface area contributed by atoms with Gasteiger partial charge in [-0.15, -0.1) is 0 Å². The summed E-state index contributed by atoms with van der Waals surface area (Å²) in [6.07, 6.45) is 0. The largest absolute Gasteiger partial charge is 0.398 e. The molecule has 68 valence electrons. The van der Waals surface area contributed by atoms with E-state index in [9.17, 15) is 0 Å². The van der Waals surface area contributed by atoms with Gasteiger partial charge >= 0.3 is 0 Å². The maximum absolute atomic E-state index is 5.87. The van der Waals surface area contributed by atoms with Crippen LogP contribution in [0.2, 0.25) is 0 Å². The van der Waals surface area contributed by atoms with E-state index in [1.54, 1.807) is 0 Å². The zero-order valence-electron chi connectivity index (χ0n) is 7.68. The second-order valence-electron chi connectivity index (χ2n) is 3.25. The quantitative estimate of drug-likeness (QED) is 0.530. The molecule has 1 aromatic heterocycles. The minimum atomic E-state index is 0.433.